The van der Waals surface area contributed by atoms with Crippen LogP contribution in [0.1, 0.15) is 16.2 Å². The van der Waals surface area contributed by atoms with E-state index in [9.17, 15) is 4.79 Å². The molecule has 1 heterocycles. The van der Waals surface area contributed by atoms with Gasteiger partial charge in [-0.3, -0.25) is 4.79 Å². The molecule has 5 heteroatoms. The number of oxazole rings is 1. The summed E-state index contributed by atoms with van der Waals surface area (Å²) in [6.07, 6.45) is 0. The molecule has 0 aliphatic rings. The van der Waals surface area contributed by atoms with E-state index in [0.717, 1.165) is 12.1 Å². The van der Waals surface area contributed by atoms with E-state index >= 15 is 0 Å². The van der Waals surface area contributed by atoms with Gasteiger partial charge in [-0.05, 0) is 26.1 Å². The topological polar surface area (TPSA) is 58.4 Å². The van der Waals surface area contributed by atoms with Crippen LogP contribution in [0.15, 0.2) is 34.7 Å². The van der Waals surface area contributed by atoms with E-state index in [-0.39, 0.29) is 5.91 Å². The van der Waals surface area contributed by atoms with Crippen LogP contribution in [0.3, 0.4) is 0 Å². The number of carbonyl (C=O) groups excluding carboxylic acids is 1. The van der Waals surface area contributed by atoms with Gasteiger partial charge >= 0.3 is 0 Å². The van der Waals surface area contributed by atoms with Crippen molar-refractivity contribution in [3.8, 4) is 11.5 Å². The summed E-state index contributed by atoms with van der Waals surface area (Å²) in [5.74, 6) is 0.642. The van der Waals surface area contributed by atoms with E-state index in [2.05, 4.69) is 10.3 Å². The maximum atomic E-state index is 12.3. The van der Waals surface area contributed by atoms with Gasteiger partial charge in [0, 0.05) is 25.7 Å². The van der Waals surface area contributed by atoms with Crippen LogP contribution in [-0.4, -0.2) is 43.0 Å². The molecule has 0 bridgehead atoms. The summed E-state index contributed by atoms with van der Waals surface area (Å²) in [5.41, 5.74) is 1.48. The van der Waals surface area contributed by atoms with E-state index in [4.69, 9.17) is 4.42 Å². The summed E-state index contributed by atoms with van der Waals surface area (Å²) < 4.78 is 5.64. The summed E-state index contributed by atoms with van der Waals surface area (Å²) in [6.45, 7) is 3.15. The number of rotatable bonds is 5. The van der Waals surface area contributed by atoms with Crippen LogP contribution in [-0.2, 0) is 0 Å². The number of amides is 1. The van der Waals surface area contributed by atoms with E-state index in [1.807, 2.05) is 37.4 Å². The van der Waals surface area contributed by atoms with Crippen LogP contribution in [0.25, 0.3) is 11.5 Å². The van der Waals surface area contributed by atoms with Crippen molar-refractivity contribution in [1.29, 1.82) is 0 Å². The largest absolute Gasteiger partial charge is 0.431 e. The second kappa shape index (κ2) is 6.34. The van der Waals surface area contributed by atoms with Crippen molar-refractivity contribution >= 4 is 5.91 Å². The van der Waals surface area contributed by atoms with Crippen LogP contribution in [0.4, 0.5) is 0 Å². The number of benzene rings is 1. The van der Waals surface area contributed by atoms with Gasteiger partial charge in [0.15, 0.2) is 0 Å². The second-order valence-electron chi connectivity index (χ2n) is 4.63. The van der Waals surface area contributed by atoms with E-state index in [1.54, 1.807) is 18.9 Å². The first-order chi connectivity index (χ1) is 9.63. The molecule has 0 aliphatic carbocycles. The summed E-state index contributed by atoms with van der Waals surface area (Å²) in [5, 5.41) is 3.01. The molecular weight excluding hydrogens is 254 g/mol. The Hall–Kier alpha value is -2.14. The lowest BCUT2D eigenvalue weighted by molar-refractivity contribution is 0.0765. The molecule has 20 heavy (non-hydrogen) atoms. The van der Waals surface area contributed by atoms with E-state index in [1.165, 1.54) is 0 Å². The molecule has 0 saturated heterocycles. The van der Waals surface area contributed by atoms with Gasteiger partial charge in [0.25, 0.3) is 5.91 Å². The Morgan fingerprint density at radius 1 is 1.35 bits per heavy atom. The minimum absolute atomic E-state index is 0.146. The molecule has 2 aromatic rings. The highest BCUT2D eigenvalue weighted by molar-refractivity contribution is 5.92. The van der Waals surface area contributed by atoms with Crippen molar-refractivity contribution in [2.45, 2.75) is 6.92 Å². The molecular formula is C15H19N3O2. The van der Waals surface area contributed by atoms with Gasteiger partial charge in [0.05, 0.1) is 5.69 Å². The molecule has 0 radical (unpaired) electrons. The maximum absolute atomic E-state index is 12.3. The Bertz CT molecular complexity index is 578. The third kappa shape index (κ3) is 3.05. The molecule has 0 saturated carbocycles. The van der Waals surface area contributed by atoms with Crippen LogP contribution >= 0.6 is 0 Å². The maximum Gasteiger partial charge on any atom is 0.291 e. The molecule has 1 aromatic heterocycles. The minimum Gasteiger partial charge on any atom is -0.431 e. The Morgan fingerprint density at radius 2 is 2.05 bits per heavy atom. The highest BCUT2D eigenvalue weighted by Crippen LogP contribution is 2.22. The summed E-state index contributed by atoms with van der Waals surface area (Å²) >= 11 is 0. The van der Waals surface area contributed by atoms with Crippen molar-refractivity contribution in [3.05, 3.63) is 41.8 Å². The second-order valence-corrected chi connectivity index (χ2v) is 4.63. The predicted molar refractivity (Wildman–Crippen MR) is 77.6 cm³/mol. The first-order valence-electron chi connectivity index (χ1n) is 6.56. The van der Waals surface area contributed by atoms with Crippen molar-refractivity contribution < 1.29 is 9.21 Å². The Balaban J connectivity index is 2.21. The lowest BCUT2D eigenvalue weighted by Crippen LogP contribution is -2.32. The fourth-order valence-corrected chi connectivity index (χ4v) is 1.85. The highest BCUT2D eigenvalue weighted by atomic mass is 16.4. The van der Waals surface area contributed by atoms with Crippen molar-refractivity contribution in [2.24, 2.45) is 0 Å². The molecule has 1 amide bonds. The van der Waals surface area contributed by atoms with Crippen molar-refractivity contribution in [1.82, 2.24) is 15.2 Å². The minimum atomic E-state index is -0.146. The smallest absolute Gasteiger partial charge is 0.291 e. The van der Waals surface area contributed by atoms with Crippen LogP contribution in [0, 0.1) is 6.92 Å². The zero-order valence-corrected chi connectivity index (χ0v) is 12.0. The first kappa shape index (κ1) is 14.3. The monoisotopic (exact) mass is 273 g/mol. The highest BCUT2D eigenvalue weighted by Gasteiger charge is 2.21. The number of carbonyl (C=O) groups is 1. The number of nitrogens with zero attached hydrogens (tertiary/aromatic N) is 2. The average molecular weight is 273 g/mol. The van der Waals surface area contributed by atoms with Crippen molar-refractivity contribution in [3.63, 3.8) is 0 Å². The van der Waals surface area contributed by atoms with Gasteiger partial charge < -0.3 is 14.6 Å². The van der Waals surface area contributed by atoms with Gasteiger partial charge in [-0.2, -0.15) is 0 Å². The fourth-order valence-electron chi connectivity index (χ4n) is 1.85. The summed E-state index contributed by atoms with van der Waals surface area (Å²) in [4.78, 5) is 18.2. The molecule has 106 valence electrons. The zero-order chi connectivity index (χ0) is 14.5. The van der Waals surface area contributed by atoms with Gasteiger partial charge in [-0.15, -0.1) is 0 Å². The molecule has 0 aliphatic heterocycles. The normalized spacial score (nSPS) is 10.6. The molecule has 1 N–H and O–H groups in total. The first-order valence-corrected chi connectivity index (χ1v) is 6.56. The molecule has 5 nitrogen and oxygen atoms in total. The summed E-state index contributed by atoms with van der Waals surface area (Å²) in [7, 11) is 3.61. The Kier molecular flexibility index (Phi) is 4.53. The zero-order valence-electron chi connectivity index (χ0n) is 12.0. The molecule has 0 atom stereocenters. The molecule has 1 aromatic carbocycles. The Labute approximate surface area is 118 Å². The third-order valence-electron chi connectivity index (χ3n) is 3.06. The van der Waals surface area contributed by atoms with Crippen LogP contribution < -0.4 is 5.32 Å². The predicted octanol–water partition coefficient (Wildman–Crippen LogP) is 1.94. The number of nitrogens with one attached hydrogen (secondary N) is 1. The lowest BCUT2D eigenvalue weighted by Gasteiger charge is -2.15. The number of hydrogen-bond donors (Lipinski definition) is 1. The molecule has 2 rings (SSSR count). The molecule has 0 spiro atoms. The van der Waals surface area contributed by atoms with Gasteiger partial charge in [-0.25, -0.2) is 4.98 Å². The quantitative estimate of drug-likeness (QED) is 0.904. The van der Waals surface area contributed by atoms with Gasteiger partial charge in [0.2, 0.25) is 11.7 Å². The number of aromatic nitrogens is 1. The standard InChI is InChI=1S/C15H19N3O2/c1-11-13(15(19)18(3)10-9-16-2)20-14(17-11)12-7-5-4-6-8-12/h4-8,16H,9-10H2,1-3H3. The van der Waals surface area contributed by atoms with Crippen LogP contribution in [0.2, 0.25) is 0 Å². The number of likely N-dealkylation sites (N-methyl/N-ethyl adjacent to an activating group) is 2. The average Bonchev–Trinajstić information content (AvgIpc) is 2.87. The summed E-state index contributed by atoms with van der Waals surface area (Å²) in [6, 6.07) is 9.57. The SMILES string of the molecule is CNCCN(C)C(=O)c1oc(-c2ccccc2)nc1C. The van der Waals surface area contributed by atoms with E-state index < -0.39 is 0 Å². The van der Waals surface area contributed by atoms with Crippen LogP contribution in [0.5, 0.6) is 0 Å². The fraction of sp³-hybridized carbons (Fsp3) is 0.333. The van der Waals surface area contributed by atoms with Crippen molar-refractivity contribution in [2.75, 3.05) is 27.2 Å². The van der Waals surface area contributed by atoms with Gasteiger partial charge in [0.1, 0.15) is 0 Å². The van der Waals surface area contributed by atoms with E-state index in [0.29, 0.717) is 23.9 Å². The Morgan fingerprint density at radius 3 is 2.70 bits per heavy atom. The number of hydrogen-bond acceptors (Lipinski definition) is 4. The van der Waals surface area contributed by atoms with Gasteiger partial charge in [-0.1, -0.05) is 18.2 Å². The third-order valence-corrected chi connectivity index (χ3v) is 3.06. The molecule has 0 unspecified atom stereocenters. The lowest BCUT2D eigenvalue weighted by atomic mass is 10.2. The molecule has 0 fully saturated rings. The number of aryl methyl sites for hydroxylation is 1.